The van der Waals surface area contributed by atoms with E-state index in [1.165, 1.54) is 11.1 Å². The molecular weight excluding hydrogens is 314 g/mol. The van der Waals surface area contributed by atoms with Crippen molar-refractivity contribution in [1.82, 2.24) is 5.32 Å². The Bertz CT molecular complexity index is 752. The highest BCUT2D eigenvalue weighted by atomic mass is 16.5. The van der Waals surface area contributed by atoms with Crippen molar-refractivity contribution in [3.05, 3.63) is 70.8 Å². The standard InChI is InChI=1S/C21H23NO3/c1-15-9-11-16(12-10-15)13-21(24)25-14-20(23)22-19-8-4-6-17-5-2-3-7-18(17)19/h2-3,5,7,9-12,19H,4,6,8,13-14H2,1H3,(H,22,23)/t19-/m1/s1. The smallest absolute Gasteiger partial charge is 0.310 e. The first-order chi connectivity index (χ1) is 12.1. The first-order valence-corrected chi connectivity index (χ1v) is 8.70. The number of rotatable bonds is 5. The van der Waals surface area contributed by atoms with E-state index in [9.17, 15) is 9.59 Å². The highest BCUT2D eigenvalue weighted by Crippen LogP contribution is 2.29. The van der Waals surface area contributed by atoms with Gasteiger partial charge in [0.2, 0.25) is 0 Å². The largest absolute Gasteiger partial charge is 0.455 e. The van der Waals surface area contributed by atoms with Crippen LogP contribution >= 0.6 is 0 Å². The molecule has 0 bridgehead atoms. The molecule has 0 saturated heterocycles. The topological polar surface area (TPSA) is 55.4 Å². The Morgan fingerprint density at radius 2 is 1.88 bits per heavy atom. The summed E-state index contributed by atoms with van der Waals surface area (Å²) < 4.78 is 5.12. The van der Waals surface area contributed by atoms with Gasteiger partial charge in [-0.2, -0.15) is 0 Å². The molecule has 0 heterocycles. The van der Waals surface area contributed by atoms with Crippen molar-refractivity contribution in [1.29, 1.82) is 0 Å². The van der Waals surface area contributed by atoms with Crippen molar-refractivity contribution in [2.24, 2.45) is 0 Å². The third kappa shape index (κ3) is 4.69. The molecule has 0 fully saturated rings. The average molecular weight is 337 g/mol. The number of fused-ring (bicyclic) bond motifs is 1. The van der Waals surface area contributed by atoms with E-state index in [-0.39, 0.29) is 30.9 Å². The van der Waals surface area contributed by atoms with E-state index in [4.69, 9.17) is 4.74 Å². The Balaban J connectivity index is 1.48. The molecule has 2 aromatic carbocycles. The van der Waals surface area contributed by atoms with Crippen LogP contribution in [0.15, 0.2) is 48.5 Å². The van der Waals surface area contributed by atoms with Gasteiger partial charge in [-0.25, -0.2) is 0 Å². The fourth-order valence-corrected chi connectivity index (χ4v) is 3.21. The minimum absolute atomic E-state index is 0.00764. The maximum atomic E-state index is 12.1. The second-order valence-corrected chi connectivity index (χ2v) is 6.53. The summed E-state index contributed by atoms with van der Waals surface area (Å²) in [6, 6.07) is 15.9. The molecule has 0 radical (unpaired) electrons. The number of benzene rings is 2. The Labute approximate surface area is 148 Å². The molecule has 0 spiro atoms. The second kappa shape index (κ2) is 7.97. The van der Waals surface area contributed by atoms with Crippen molar-refractivity contribution in [3.8, 4) is 0 Å². The number of carbonyl (C=O) groups excluding carboxylic acids is 2. The third-order valence-corrected chi connectivity index (χ3v) is 4.54. The lowest BCUT2D eigenvalue weighted by Gasteiger charge is -2.26. The number of aryl methyl sites for hydroxylation is 2. The van der Waals surface area contributed by atoms with Crippen LogP contribution in [0.3, 0.4) is 0 Å². The molecule has 1 atom stereocenters. The lowest BCUT2D eigenvalue weighted by atomic mass is 9.88. The first kappa shape index (κ1) is 17.2. The van der Waals surface area contributed by atoms with Crippen LogP contribution < -0.4 is 5.32 Å². The summed E-state index contributed by atoms with van der Waals surface area (Å²) in [4.78, 5) is 24.0. The number of nitrogens with one attached hydrogen (secondary N) is 1. The van der Waals surface area contributed by atoms with Crippen molar-refractivity contribution in [3.63, 3.8) is 0 Å². The van der Waals surface area contributed by atoms with Crippen molar-refractivity contribution in [2.75, 3.05) is 6.61 Å². The van der Waals surface area contributed by atoms with E-state index in [0.29, 0.717) is 0 Å². The van der Waals surface area contributed by atoms with Gasteiger partial charge in [-0.15, -0.1) is 0 Å². The molecule has 0 aromatic heterocycles. The molecule has 0 aliphatic heterocycles. The lowest BCUT2D eigenvalue weighted by molar-refractivity contribution is -0.148. The predicted octanol–water partition coefficient (Wildman–Crippen LogP) is 3.27. The van der Waals surface area contributed by atoms with Gasteiger partial charge in [0, 0.05) is 0 Å². The molecule has 0 unspecified atom stereocenters. The zero-order valence-corrected chi connectivity index (χ0v) is 14.5. The van der Waals surface area contributed by atoms with E-state index in [1.807, 2.05) is 43.3 Å². The molecule has 4 nitrogen and oxygen atoms in total. The van der Waals surface area contributed by atoms with Gasteiger partial charge in [0.1, 0.15) is 0 Å². The van der Waals surface area contributed by atoms with Gasteiger partial charge in [-0.3, -0.25) is 9.59 Å². The molecule has 25 heavy (non-hydrogen) atoms. The first-order valence-electron chi connectivity index (χ1n) is 8.70. The van der Waals surface area contributed by atoms with Gasteiger partial charge >= 0.3 is 5.97 Å². The Kier molecular flexibility index (Phi) is 5.49. The number of esters is 1. The van der Waals surface area contributed by atoms with Crippen molar-refractivity contribution >= 4 is 11.9 Å². The number of hydrogen-bond donors (Lipinski definition) is 1. The van der Waals surface area contributed by atoms with Crippen LogP contribution in [0.1, 0.15) is 41.1 Å². The zero-order chi connectivity index (χ0) is 17.6. The van der Waals surface area contributed by atoms with Crippen LogP contribution in [-0.2, 0) is 27.2 Å². The lowest BCUT2D eigenvalue weighted by Crippen LogP contribution is -2.34. The molecule has 1 aliphatic rings. The van der Waals surface area contributed by atoms with Crippen LogP contribution in [-0.4, -0.2) is 18.5 Å². The minimum Gasteiger partial charge on any atom is -0.455 e. The van der Waals surface area contributed by atoms with E-state index in [1.54, 1.807) is 0 Å². The quantitative estimate of drug-likeness (QED) is 0.852. The third-order valence-electron chi connectivity index (χ3n) is 4.54. The second-order valence-electron chi connectivity index (χ2n) is 6.53. The normalized spacial score (nSPS) is 16.0. The zero-order valence-electron chi connectivity index (χ0n) is 14.5. The summed E-state index contributed by atoms with van der Waals surface area (Å²) in [6.45, 7) is 1.76. The summed E-state index contributed by atoms with van der Waals surface area (Å²) in [6.07, 6.45) is 3.20. The Morgan fingerprint density at radius 3 is 2.68 bits per heavy atom. The van der Waals surface area contributed by atoms with Gasteiger partial charge in [-0.05, 0) is 42.9 Å². The highest BCUT2D eigenvalue weighted by molar-refractivity contribution is 5.81. The number of ether oxygens (including phenoxy) is 1. The van der Waals surface area contributed by atoms with Gasteiger partial charge in [-0.1, -0.05) is 54.1 Å². The van der Waals surface area contributed by atoms with Crippen LogP contribution in [0.5, 0.6) is 0 Å². The van der Waals surface area contributed by atoms with E-state index in [2.05, 4.69) is 17.4 Å². The summed E-state index contributed by atoms with van der Waals surface area (Å²) in [5, 5.41) is 2.99. The van der Waals surface area contributed by atoms with E-state index >= 15 is 0 Å². The molecular formula is C21H23NO3. The molecule has 1 amide bonds. The number of hydrogen-bond acceptors (Lipinski definition) is 3. The average Bonchev–Trinajstić information content (AvgIpc) is 2.62. The summed E-state index contributed by atoms with van der Waals surface area (Å²) >= 11 is 0. The fourth-order valence-electron chi connectivity index (χ4n) is 3.21. The van der Waals surface area contributed by atoms with Gasteiger partial charge in [0.15, 0.2) is 6.61 Å². The number of amides is 1. The molecule has 4 heteroatoms. The van der Waals surface area contributed by atoms with E-state index in [0.717, 1.165) is 30.4 Å². The molecule has 2 aromatic rings. The van der Waals surface area contributed by atoms with Gasteiger partial charge in [0.05, 0.1) is 12.5 Å². The molecule has 130 valence electrons. The SMILES string of the molecule is Cc1ccc(CC(=O)OCC(=O)N[C@@H]2CCCc3ccccc32)cc1. The van der Waals surface area contributed by atoms with E-state index < -0.39 is 0 Å². The van der Waals surface area contributed by atoms with Crippen LogP contribution in [0.2, 0.25) is 0 Å². The maximum Gasteiger partial charge on any atom is 0.310 e. The van der Waals surface area contributed by atoms with Gasteiger partial charge in [0.25, 0.3) is 5.91 Å². The highest BCUT2D eigenvalue weighted by Gasteiger charge is 2.21. The molecule has 0 saturated carbocycles. The van der Waals surface area contributed by atoms with Crippen LogP contribution in [0, 0.1) is 6.92 Å². The number of carbonyl (C=O) groups is 2. The van der Waals surface area contributed by atoms with Crippen LogP contribution in [0.4, 0.5) is 0 Å². The molecule has 1 aliphatic carbocycles. The van der Waals surface area contributed by atoms with Gasteiger partial charge < -0.3 is 10.1 Å². The van der Waals surface area contributed by atoms with Crippen molar-refractivity contribution < 1.29 is 14.3 Å². The fraction of sp³-hybridized carbons (Fsp3) is 0.333. The monoisotopic (exact) mass is 337 g/mol. The van der Waals surface area contributed by atoms with Crippen molar-refractivity contribution in [2.45, 2.75) is 38.6 Å². The summed E-state index contributed by atoms with van der Waals surface area (Å²) in [5.74, 6) is -0.637. The summed E-state index contributed by atoms with van der Waals surface area (Å²) in [7, 11) is 0. The summed E-state index contributed by atoms with van der Waals surface area (Å²) in [5.41, 5.74) is 4.49. The maximum absolute atomic E-state index is 12.1. The predicted molar refractivity (Wildman–Crippen MR) is 96.1 cm³/mol. The minimum atomic E-state index is -0.386. The molecule has 3 rings (SSSR count). The Hall–Kier alpha value is -2.62. The molecule has 1 N–H and O–H groups in total. The Morgan fingerprint density at radius 1 is 1.12 bits per heavy atom. The van der Waals surface area contributed by atoms with Crippen LogP contribution in [0.25, 0.3) is 0 Å².